The molecule has 6 nitrogen and oxygen atoms in total. The summed E-state index contributed by atoms with van der Waals surface area (Å²) in [6.45, 7) is 0.878. The summed E-state index contributed by atoms with van der Waals surface area (Å²) < 4.78 is 85.8. The number of nitrogens with one attached hydrogen (secondary N) is 1. The predicted molar refractivity (Wildman–Crippen MR) is 81.6 cm³/mol. The largest absolute Gasteiger partial charge is 0.466 e. The van der Waals surface area contributed by atoms with Crippen LogP contribution in [0.15, 0.2) is 24.3 Å². The van der Waals surface area contributed by atoms with Crippen LogP contribution in [0.4, 0.5) is 31.1 Å². The third-order valence-corrected chi connectivity index (χ3v) is 4.42. The van der Waals surface area contributed by atoms with Gasteiger partial charge in [-0.2, -0.15) is 26.3 Å². The normalized spacial score (nSPS) is 26.0. The second-order valence-electron chi connectivity index (χ2n) is 6.02. The SMILES string of the molecule is CCOC(=O)[C@H]1[C@@H](c2ccccc2C(F)(F)F)NC(=O)N(C)[C@@]1(O)C(F)(F)F. The number of urea groups is 1. The van der Waals surface area contributed by atoms with Crippen molar-refractivity contribution in [3.05, 3.63) is 35.4 Å². The van der Waals surface area contributed by atoms with Crippen LogP contribution in [0.2, 0.25) is 0 Å². The smallest absolute Gasteiger partial charge is 0.437 e. The fraction of sp³-hybridized carbons (Fsp3) is 0.500. The molecule has 2 N–H and O–H groups in total. The maximum atomic E-state index is 13.7. The number of alkyl halides is 6. The molecule has 0 saturated carbocycles. The number of benzene rings is 1. The predicted octanol–water partition coefficient (Wildman–Crippen LogP) is 2.83. The van der Waals surface area contributed by atoms with Gasteiger partial charge in [-0.25, -0.2) is 4.79 Å². The van der Waals surface area contributed by atoms with E-state index in [1.807, 2.05) is 5.32 Å². The molecule has 0 radical (unpaired) electrons. The van der Waals surface area contributed by atoms with Gasteiger partial charge in [-0.3, -0.25) is 9.69 Å². The van der Waals surface area contributed by atoms with Crippen molar-refractivity contribution in [1.29, 1.82) is 0 Å². The Morgan fingerprint density at radius 1 is 1.25 bits per heavy atom. The van der Waals surface area contributed by atoms with Crippen LogP contribution < -0.4 is 5.32 Å². The van der Waals surface area contributed by atoms with Gasteiger partial charge in [-0.1, -0.05) is 18.2 Å². The van der Waals surface area contributed by atoms with E-state index >= 15 is 0 Å². The first-order chi connectivity index (χ1) is 12.8. The molecule has 0 aliphatic carbocycles. The van der Waals surface area contributed by atoms with Crippen molar-refractivity contribution in [2.75, 3.05) is 13.7 Å². The fourth-order valence-electron chi connectivity index (χ4n) is 3.09. The van der Waals surface area contributed by atoms with Crippen LogP contribution in [0.5, 0.6) is 0 Å². The molecule has 1 heterocycles. The second kappa shape index (κ2) is 7.15. The number of halogens is 6. The number of aliphatic hydroxyl groups is 1. The van der Waals surface area contributed by atoms with Gasteiger partial charge in [0.2, 0.25) is 0 Å². The average Bonchev–Trinajstić information content (AvgIpc) is 2.57. The van der Waals surface area contributed by atoms with E-state index in [4.69, 9.17) is 0 Å². The summed E-state index contributed by atoms with van der Waals surface area (Å²) in [7, 11) is 0.570. The lowest BCUT2D eigenvalue weighted by atomic mass is 9.79. The molecule has 1 aromatic rings. The van der Waals surface area contributed by atoms with Crippen LogP contribution in [0.25, 0.3) is 0 Å². The van der Waals surface area contributed by atoms with Gasteiger partial charge >= 0.3 is 24.4 Å². The maximum absolute atomic E-state index is 13.7. The molecule has 156 valence electrons. The number of hydrogen-bond acceptors (Lipinski definition) is 4. The van der Waals surface area contributed by atoms with E-state index in [9.17, 15) is 41.0 Å². The van der Waals surface area contributed by atoms with Crippen molar-refractivity contribution in [2.45, 2.75) is 31.0 Å². The minimum absolute atomic E-state index is 0.179. The minimum Gasteiger partial charge on any atom is -0.466 e. The van der Waals surface area contributed by atoms with E-state index in [-0.39, 0.29) is 4.90 Å². The molecule has 0 spiro atoms. The number of ether oxygens (including phenoxy) is 1. The van der Waals surface area contributed by atoms with E-state index in [0.29, 0.717) is 13.1 Å². The van der Waals surface area contributed by atoms with Crippen molar-refractivity contribution in [1.82, 2.24) is 10.2 Å². The Bertz CT molecular complexity index is 766. The molecule has 3 atom stereocenters. The van der Waals surface area contributed by atoms with E-state index < -0.39 is 59.8 Å². The van der Waals surface area contributed by atoms with Gasteiger partial charge < -0.3 is 15.2 Å². The standard InChI is InChI=1S/C16H16F6N2O4/c1-3-28-12(25)10-11(8-6-4-5-7-9(8)15(17,18)19)23-13(26)24(2)14(10,27)16(20,21)22/h4-7,10-11,27H,3H2,1-2H3,(H,23,26)/t10-,11-,14+/m1/s1. The van der Waals surface area contributed by atoms with E-state index in [1.165, 1.54) is 6.92 Å². The average molecular weight is 414 g/mol. The third kappa shape index (κ3) is 3.48. The lowest BCUT2D eigenvalue weighted by molar-refractivity contribution is -0.328. The molecule has 1 saturated heterocycles. The molecule has 0 aromatic heterocycles. The topological polar surface area (TPSA) is 78.9 Å². The van der Waals surface area contributed by atoms with Crippen LogP contribution in [-0.4, -0.2) is 47.6 Å². The summed E-state index contributed by atoms with van der Waals surface area (Å²) in [5, 5.41) is 12.3. The highest BCUT2D eigenvalue weighted by atomic mass is 19.4. The van der Waals surface area contributed by atoms with Gasteiger partial charge in [0, 0.05) is 7.05 Å². The molecule has 1 fully saturated rings. The Morgan fingerprint density at radius 2 is 1.82 bits per heavy atom. The molecule has 2 amide bonds. The minimum atomic E-state index is -5.57. The molecule has 1 aromatic carbocycles. The van der Waals surface area contributed by atoms with Crippen molar-refractivity contribution in [3.63, 3.8) is 0 Å². The number of hydrogen-bond donors (Lipinski definition) is 2. The number of amides is 2. The zero-order valence-electron chi connectivity index (χ0n) is 14.6. The Kier molecular flexibility index (Phi) is 5.57. The lowest BCUT2D eigenvalue weighted by Crippen LogP contribution is -2.73. The lowest BCUT2D eigenvalue weighted by Gasteiger charge is -2.49. The summed E-state index contributed by atoms with van der Waals surface area (Å²) >= 11 is 0. The second-order valence-corrected chi connectivity index (χ2v) is 6.02. The van der Waals surface area contributed by atoms with Crippen LogP contribution >= 0.6 is 0 Å². The van der Waals surface area contributed by atoms with Crippen LogP contribution in [0.1, 0.15) is 24.1 Å². The molecule has 0 bridgehead atoms. The summed E-state index contributed by atoms with van der Waals surface area (Å²) in [5.41, 5.74) is -6.26. The third-order valence-electron chi connectivity index (χ3n) is 4.42. The van der Waals surface area contributed by atoms with E-state index in [1.54, 1.807) is 0 Å². The molecule has 1 aliphatic rings. The first-order valence-corrected chi connectivity index (χ1v) is 7.93. The molecule has 2 rings (SSSR count). The van der Waals surface area contributed by atoms with Crippen molar-refractivity contribution < 1.29 is 45.8 Å². The number of carbonyl (C=O) groups is 2. The zero-order valence-corrected chi connectivity index (χ0v) is 14.6. The van der Waals surface area contributed by atoms with Crippen LogP contribution in [0, 0.1) is 5.92 Å². The fourth-order valence-corrected chi connectivity index (χ4v) is 3.09. The molecule has 1 aliphatic heterocycles. The van der Waals surface area contributed by atoms with E-state index in [0.717, 1.165) is 18.2 Å². The first-order valence-electron chi connectivity index (χ1n) is 7.93. The Balaban J connectivity index is 2.75. The molecular weight excluding hydrogens is 398 g/mol. The first kappa shape index (κ1) is 21.8. The number of rotatable bonds is 3. The van der Waals surface area contributed by atoms with Crippen LogP contribution in [0.3, 0.4) is 0 Å². The van der Waals surface area contributed by atoms with Gasteiger partial charge in [-0.05, 0) is 18.6 Å². The summed E-state index contributed by atoms with van der Waals surface area (Å²) in [6, 6.07) is -0.145. The Labute approximate surface area is 155 Å². The van der Waals surface area contributed by atoms with Crippen molar-refractivity contribution >= 4 is 12.0 Å². The van der Waals surface area contributed by atoms with Gasteiger partial charge in [0.1, 0.15) is 5.92 Å². The highest BCUT2D eigenvalue weighted by Crippen LogP contribution is 2.48. The number of esters is 1. The van der Waals surface area contributed by atoms with Crippen molar-refractivity contribution in [2.24, 2.45) is 5.92 Å². The zero-order chi connectivity index (χ0) is 21.5. The highest BCUT2D eigenvalue weighted by Gasteiger charge is 2.70. The van der Waals surface area contributed by atoms with Gasteiger partial charge in [0.15, 0.2) is 0 Å². The molecular formula is C16H16F6N2O4. The Morgan fingerprint density at radius 3 is 2.32 bits per heavy atom. The molecule has 12 heteroatoms. The van der Waals surface area contributed by atoms with Gasteiger partial charge in [0.25, 0.3) is 5.72 Å². The maximum Gasteiger partial charge on any atom is 0.437 e. The quantitative estimate of drug-likeness (QED) is 0.589. The molecule has 0 unspecified atom stereocenters. The van der Waals surface area contributed by atoms with Gasteiger partial charge in [0.05, 0.1) is 18.2 Å². The summed E-state index contributed by atoms with van der Waals surface area (Å²) in [4.78, 5) is 24.2. The van der Waals surface area contributed by atoms with E-state index in [2.05, 4.69) is 4.74 Å². The number of nitrogens with zero attached hydrogens (tertiary/aromatic N) is 1. The molecule has 28 heavy (non-hydrogen) atoms. The number of carbonyl (C=O) groups excluding carboxylic acids is 2. The van der Waals surface area contributed by atoms with Crippen molar-refractivity contribution in [3.8, 4) is 0 Å². The highest BCUT2D eigenvalue weighted by molar-refractivity contribution is 5.83. The van der Waals surface area contributed by atoms with Gasteiger partial charge in [-0.15, -0.1) is 0 Å². The van der Waals surface area contributed by atoms with Crippen LogP contribution in [-0.2, 0) is 15.7 Å². The monoisotopic (exact) mass is 414 g/mol. The Hall–Kier alpha value is -2.50. The summed E-state index contributed by atoms with van der Waals surface area (Å²) in [5.74, 6) is -4.23. The summed E-state index contributed by atoms with van der Waals surface area (Å²) in [6.07, 6.45) is -10.6.